The maximum absolute atomic E-state index is 6.65. The summed E-state index contributed by atoms with van der Waals surface area (Å²) in [6.45, 7) is 9.39. The lowest BCUT2D eigenvalue weighted by atomic mass is 10.0. The minimum atomic E-state index is 0.424. The maximum Gasteiger partial charge on any atom is 0.203 e. The van der Waals surface area contributed by atoms with Gasteiger partial charge in [0.15, 0.2) is 11.5 Å². The number of rotatable bonds is 51. The summed E-state index contributed by atoms with van der Waals surface area (Å²) in [6.07, 6.45) is 56.7. The van der Waals surface area contributed by atoms with E-state index in [4.69, 9.17) is 24.7 Å². The van der Waals surface area contributed by atoms with Crippen LogP contribution in [0.25, 0.3) is 0 Å². The van der Waals surface area contributed by atoms with Crippen LogP contribution in [0.3, 0.4) is 0 Å². The van der Waals surface area contributed by atoms with E-state index in [-0.39, 0.29) is 0 Å². The molecule has 0 radical (unpaired) electrons. The highest BCUT2D eigenvalue weighted by Gasteiger charge is 2.17. The molecule has 0 aromatic heterocycles. The maximum atomic E-state index is 6.65. The van der Waals surface area contributed by atoms with Gasteiger partial charge in [-0.3, -0.25) is 0 Å². The van der Waals surface area contributed by atoms with Gasteiger partial charge < -0.3 is 24.7 Å². The zero-order valence-corrected chi connectivity index (χ0v) is 44.2. The number of hydrogen-bond donors (Lipinski definition) is 1. The molecule has 0 aliphatic carbocycles. The third-order valence-corrected chi connectivity index (χ3v) is 13.6. The summed E-state index contributed by atoms with van der Waals surface area (Å²) >= 11 is 0. The normalized spacial score (nSPS) is 11.4. The molecule has 0 atom stereocenters. The van der Waals surface area contributed by atoms with E-state index in [1.54, 1.807) is 0 Å². The van der Waals surface area contributed by atoms with Crippen LogP contribution in [-0.4, -0.2) is 19.8 Å². The fourth-order valence-corrected chi connectivity index (χ4v) is 9.23. The fourth-order valence-electron chi connectivity index (χ4n) is 9.23. The van der Waals surface area contributed by atoms with E-state index in [1.165, 1.54) is 250 Å². The molecule has 0 amide bonds. The van der Waals surface area contributed by atoms with E-state index in [9.17, 15) is 0 Å². The lowest BCUT2D eigenvalue weighted by molar-refractivity contribution is 0.232. The molecule has 0 aliphatic rings. The molecule has 0 saturated heterocycles. The van der Waals surface area contributed by atoms with E-state index < -0.39 is 0 Å². The summed E-state index contributed by atoms with van der Waals surface area (Å²) in [4.78, 5) is 0. The van der Waals surface area contributed by atoms with Gasteiger partial charge in [-0.25, -0.2) is 0 Å². The average molecular weight is 921 g/mol. The standard InChI is InChI=1S/C61H109NO4/c1-4-7-10-13-16-19-22-25-28-31-34-37-40-43-50-63-59-53-56(55-66-58-48-46-57(62)47-49-58)54-60(64-51-44-41-38-35-32-29-26-23-20-17-14-11-8-5-2)61(59)65-52-45-42-39-36-33-30-27-24-21-18-15-12-9-6-3/h46-49,53-54H,4-45,50-52,55,62H2,1-3H3. The van der Waals surface area contributed by atoms with Crippen molar-refractivity contribution < 1.29 is 18.9 Å². The first-order valence-electron chi connectivity index (χ1n) is 29.2. The lowest BCUT2D eigenvalue weighted by Crippen LogP contribution is -2.08. The molecule has 5 nitrogen and oxygen atoms in total. The predicted molar refractivity (Wildman–Crippen MR) is 289 cm³/mol. The first-order chi connectivity index (χ1) is 32.7. The molecule has 0 bridgehead atoms. The number of unbranched alkanes of at least 4 members (excludes halogenated alkanes) is 39. The van der Waals surface area contributed by atoms with Crippen LogP contribution in [0.2, 0.25) is 0 Å². The van der Waals surface area contributed by atoms with Gasteiger partial charge in [-0.15, -0.1) is 0 Å². The number of nitrogen functional groups attached to an aromatic ring is 1. The van der Waals surface area contributed by atoms with Crippen LogP contribution in [0.5, 0.6) is 23.0 Å². The van der Waals surface area contributed by atoms with E-state index >= 15 is 0 Å². The van der Waals surface area contributed by atoms with Gasteiger partial charge in [-0.05, 0) is 61.2 Å². The number of ether oxygens (including phenoxy) is 4. The zero-order chi connectivity index (χ0) is 47.1. The number of anilines is 1. The Morgan fingerprint density at radius 1 is 0.303 bits per heavy atom. The van der Waals surface area contributed by atoms with E-state index in [0.29, 0.717) is 26.4 Å². The Morgan fingerprint density at radius 2 is 0.561 bits per heavy atom. The van der Waals surface area contributed by atoms with Gasteiger partial charge in [0, 0.05) is 5.69 Å². The number of nitrogens with two attached hydrogens (primary N) is 1. The first-order valence-corrected chi connectivity index (χ1v) is 29.2. The number of benzene rings is 2. The van der Waals surface area contributed by atoms with Crippen molar-refractivity contribution in [1.82, 2.24) is 0 Å². The van der Waals surface area contributed by atoms with Gasteiger partial charge in [0.25, 0.3) is 0 Å². The Morgan fingerprint density at radius 3 is 0.848 bits per heavy atom. The van der Waals surface area contributed by atoms with E-state index in [1.807, 2.05) is 24.3 Å². The van der Waals surface area contributed by atoms with Crippen LogP contribution in [-0.2, 0) is 6.61 Å². The molecule has 0 saturated carbocycles. The van der Waals surface area contributed by atoms with Crippen molar-refractivity contribution in [1.29, 1.82) is 0 Å². The molecule has 2 rings (SSSR count). The Hall–Kier alpha value is -2.56. The van der Waals surface area contributed by atoms with Crippen LogP contribution in [0.15, 0.2) is 36.4 Å². The van der Waals surface area contributed by atoms with Crippen molar-refractivity contribution >= 4 is 5.69 Å². The van der Waals surface area contributed by atoms with Gasteiger partial charge in [-0.1, -0.05) is 271 Å². The first kappa shape index (κ1) is 59.6. The lowest BCUT2D eigenvalue weighted by Gasteiger charge is -2.19. The van der Waals surface area contributed by atoms with Crippen molar-refractivity contribution in [3.05, 3.63) is 42.0 Å². The van der Waals surface area contributed by atoms with E-state index in [2.05, 4.69) is 32.9 Å². The van der Waals surface area contributed by atoms with Crippen molar-refractivity contribution in [3.63, 3.8) is 0 Å². The van der Waals surface area contributed by atoms with E-state index in [0.717, 1.165) is 53.5 Å². The molecule has 0 heterocycles. The van der Waals surface area contributed by atoms with Crippen LogP contribution in [0.4, 0.5) is 5.69 Å². The Bertz CT molecular complexity index is 1240. The van der Waals surface area contributed by atoms with Gasteiger partial charge in [0.2, 0.25) is 5.75 Å². The molecule has 2 aromatic rings. The molecule has 0 unspecified atom stereocenters. The second kappa shape index (κ2) is 46.2. The Labute approximate surface area is 410 Å². The third kappa shape index (κ3) is 35.6. The number of hydrogen-bond acceptors (Lipinski definition) is 5. The highest BCUT2D eigenvalue weighted by atomic mass is 16.5. The summed E-state index contributed by atoms with van der Waals surface area (Å²) in [5, 5.41) is 0. The smallest absolute Gasteiger partial charge is 0.203 e. The minimum Gasteiger partial charge on any atom is -0.490 e. The second-order valence-electron chi connectivity index (χ2n) is 20.1. The summed E-state index contributed by atoms with van der Waals surface area (Å²) < 4.78 is 26.1. The zero-order valence-electron chi connectivity index (χ0n) is 44.2. The molecular weight excluding hydrogens is 811 g/mol. The molecule has 66 heavy (non-hydrogen) atoms. The summed E-state index contributed by atoms with van der Waals surface area (Å²) in [6, 6.07) is 11.9. The summed E-state index contributed by atoms with van der Waals surface area (Å²) in [5.41, 5.74) is 7.73. The quantitative estimate of drug-likeness (QED) is 0.0529. The highest BCUT2D eigenvalue weighted by molar-refractivity contribution is 5.54. The molecular formula is C61H109NO4. The van der Waals surface area contributed by atoms with Crippen molar-refractivity contribution in [2.24, 2.45) is 0 Å². The van der Waals surface area contributed by atoms with Gasteiger partial charge in [-0.2, -0.15) is 0 Å². The highest BCUT2D eigenvalue weighted by Crippen LogP contribution is 2.40. The molecule has 2 N–H and O–H groups in total. The molecule has 5 heteroatoms. The second-order valence-corrected chi connectivity index (χ2v) is 20.1. The monoisotopic (exact) mass is 920 g/mol. The molecule has 0 spiro atoms. The molecule has 382 valence electrons. The van der Waals surface area contributed by atoms with Crippen LogP contribution >= 0.6 is 0 Å². The van der Waals surface area contributed by atoms with Crippen LogP contribution < -0.4 is 24.7 Å². The van der Waals surface area contributed by atoms with Crippen molar-refractivity contribution in [3.8, 4) is 23.0 Å². The Kier molecular flexibility index (Phi) is 41.7. The van der Waals surface area contributed by atoms with Crippen LogP contribution in [0.1, 0.15) is 296 Å². The van der Waals surface area contributed by atoms with Crippen molar-refractivity contribution in [2.45, 2.75) is 297 Å². The predicted octanol–water partition coefficient (Wildman–Crippen LogP) is 20.4. The SMILES string of the molecule is CCCCCCCCCCCCCCCCOc1cc(COc2ccc(N)cc2)cc(OCCCCCCCCCCCCCCCC)c1OCCCCCCCCCCCCCCCC. The third-order valence-electron chi connectivity index (χ3n) is 13.6. The average Bonchev–Trinajstić information content (AvgIpc) is 3.33. The Balaban J connectivity index is 1.90. The minimum absolute atomic E-state index is 0.424. The van der Waals surface area contributed by atoms with Gasteiger partial charge in [0.1, 0.15) is 12.4 Å². The summed E-state index contributed by atoms with van der Waals surface area (Å²) in [5.74, 6) is 3.17. The van der Waals surface area contributed by atoms with Gasteiger partial charge >= 0.3 is 0 Å². The molecule has 0 aliphatic heterocycles. The molecule has 0 fully saturated rings. The fraction of sp³-hybridized carbons (Fsp3) is 0.803. The van der Waals surface area contributed by atoms with Crippen molar-refractivity contribution in [2.75, 3.05) is 25.6 Å². The van der Waals surface area contributed by atoms with Crippen LogP contribution in [0, 0.1) is 0 Å². The van der Waals surface area contributed by atoms with Gasteiger partial charge in [0.05, 0.1) is 19.8 Å². The summed E-state index contributed by atoms with van der Waals surface area (Å²) in [7, 11) is 0. The topological polar surface area (TPSA) is 62.9 Å². The molecule has 2 aromatic carbocycles. The largest absolute Gasteiger partial charge is 0.490 e.